The lowest BCUT2D eigenvalue weighted by molar-refractivity contribution is 0.102. The maximum Gasteiger partial charge on any atom is 0.258 e. The highest BCUT2D eigenvalue weighted by molar-refractivity contribution is 6.04. The van der Waals surface area contributed by atoms with Gasteiger partial charge in [0.05, 0.1) is 0 Å². The lowest BCUT2D eigenvalue weighted by Gasteiger charge is -2.19. The van der Waals surface area contributed by atoms with Crippen LogP contribution < -0.4 is 10.6 Å². The number of H-pyrrole nitrogens is 1. The Labute approximate surface area is 105 Å². The van der Waals surface area contributed by atoms with E-state index in [1.54, 1.807) is 12.4 Å². The van der Waals surface area contributed by atoms with E-state index in [0.717, 1.165) is 30.6 Å². The normalized spacial score (nSPS) is 14.0. The highest BCUT2D eigenvalue weighted by Crippen LogP contribution is 2.19. The maximum atomic E-state index is 12.2. The molecule has 0 radical (unpaired) electrons. The molecule has 5 heteroatoms. The second-order valence-corrected chi connectivity index (χ2v) is 4.26. The summed E-state index contributed by atoms with van der Waals surface area (Å²) < 4.78 is 0. The van der Waals surface area contributed by atoms with Crippen LogP contribution in [0.25, 0.3) is 0 Å². The monoisotopic (exact) mass is 242 g/mol. The third-order valence-corrected chi connectivity index (χ3v) is 3.12. The van der Waals surface area contributed by atoms with Gasteiger partial charge in [-0.25, -0.2) is 4.98 Å². The molecule has 1 aromatic heterocycles. The Morgan fingerprint density at radius 2 is 2.33 bits per heavy atom. The van der Waals surface area contributed by atoms with Crippen LogP contribution in [0.5, 0.6) is 0 Å². The topological polar surface area (TPSA) is 69.8 Å². The quantitative estimate of drug-likeness (QED) is 0.743. The first-order valence-electron chi connectivity index (χ1n) is 5.97. The number of anilines is 1. The zero-order chi connectivity index (χ0) is 12.4. The summed E-state index contributed by atoms with van der Waals surface area (Å²) in [5, 5.41) is 6.06. The van der Waals surface area contributed by atoms with E-state index < -0.39 is 0 Å². The molecule has 0 unspecified atom stereocenters. The number of rotatable bonds is 2. The number of nitrogens with one attached hydrogen (secondary N) is 3. The molecule has 2 aromatic rings. The summed E-state index contributed by atoms with van der Waals surface area (Å²) in [6.45, 7) is 1.75. The summed E-state index contributed by atoms with van der Waals surface area (Å²) in [5.74, 6) is 0.371. The van der Waals surface area contributed by atoms with Crippen molar-refractivity contribution in [1.29, 1.82) is 0 Å². The standard InChI is InChI=1S/C13H14N4O/c18-12(17-13-15-6-7-16-13)11-3-1-2-9-8-14-5-4-10(9)11/h1-3,6-7,14H,4-5,8H2,(H2,15,16,17,18). The number of amides is 1. The molecule has 0 saturated carbocycles. The van der Waals surface area contributed by atoms with Gasteiger partial charge < -0.3 is 10.3 Å². The third kappa shape index (κ3) is 2.00. The van der Waals surface area contributed by atoms with Gasteiger partial charge in [0.1, 0.15) is 0 Å². The van der Waals surface area contributed by atoms with Gasteiger partial charge in [0, 0.05) is 24.5 Å². The van der Waals surface area contributed by atoms with Crippen molar-refractivity contribution in [3.8, 4) is 0 Å². The Balaban J connectivity index is 1.89. The summed E-state index contributed by atoms with van der Waals surface area (Å²) in [5.41, 5.74) is 3.08. The summed E-state index contributed by atoms with van der Waals surface area (Å²) >= 11 is 0. The molecule has 0 aliphatic carbocycles. The molecule has 3 N–H and O–H groups in total. The van der Waals surface area contributed by atoms with Crippen LogP contribution in [-0.2, 0) is 13.0 Å². The molecule has 92 valence electrons. The third-order valence-electron chi connectivity index (χ3n) is 3.12. The van der Waals surface area contributed by atoms with E-state index >= 15 is 0 Å². The fourth-order valence-electron chi connectivity index (χ4n) is 2.25. The molecule has 1 aromatic carbocycles. The molecular weight excluding hydrogens is 228 g/mol. The molecule has 18 heavy (non-hydrogen) atoms. The predicted octanol–water partition coefficient (Wildman–Crippen LogP) is 1.31. The van der Waals surface area contributed by atoms with Crippen molar-refractivity contribution in [1.82, 2.24) is 15.3 Å². The molecule has 1 aliphatic rings. The molecule has 0 atom stereocenters. The van der Waals surface area contributed by atoms with Crippen LogP contribution >= 0.6 is 0 Å². The van der Waals surface area contributed by atoms with Gasteiger partial charge in [-0.15, -0.1) is 0 Å². The molecule has 0 saturated heterocycles. The Morgan fingerprint density at radius 1 is 1.39 bits per heavy atom. The highest BCUT2D eigenvalue weighted by Gasteiger charge is 2.17. The second kappa shape index (κ2) is 4.62. The van der Waals surface area contributed by atoms with E-state index in [9.17, 15) is 4.79 Å². The number of carbonyl (C=O) groups excluding carboxylic acids is 1. The molecule has 0 bridgehead atoms. The minimum Gasteiger partial charge on any atom is -0.331 e. The Morgan fingerprint density at radius 3 is 3.17 bits per heavy atom. The molecule has 1 aliphatic heterocycles. The molecule has 1 amide bonds. The van der Waals surface area contributed by atoms with Crippen LogP contribution in [-0.4, -0.2) is 22.4 Å². The maximum absolute atomic E-state index is 12.2. The Kier molecular flexibility index (Phi) is 2.82. The van der Waals surface area contributed by atoms with E-state index in [0.29, 0.717) is 5.95 Å². The van der Waals surface area contributed by atoms with Gasteiger partial charge in [-0.1, -0.05) is 12.1 Å². The van der Waals surface area contributed by atoms with Gasteiger partial charge >= 0.3 is 0 Å². The second-order valence-electron chi connectivity index (χ2n) is 4.26. The van der Waals surface area contributed by atoms with Crippen molar-refractivity contribution < 1.29 is 4.79 Å². The van der Waals surface area contributed by atoms with Crippen molar-refractivity contribution in [2.24, 2.45) is 0 Å². The number of benzene rings is 1. The zero-order valence-corrected chi connectivity index (χ0v) is 9.86. The number of carbonyl (C=O) groups is 1. The average Bonchev–Trinajstić information content (AvgIpc) is 2.91. The van der Waals surface area contributed by atoms with E-state index in [1.807, 2.05) is 12.1 Å². The summed E-state index contributed by atoms with van der Waals surface area (Å²) in [7, 11) is 0. The molecule has 3 rings (SSSR count). The number of aromatic nitrogens is 2. The van der Waals surface area contributed by atoms with Crippen LogP contribution in [0.4, 0.5) is 5.95 Å². The molecule has 5 nitrogen and oxygen atoms in total. The lowest BCUT2D eigenvalue weighted by Crippen LogP contribution is -2.26. The van der Waals surface area contributed by atoms with Crippen LogP contribution in [0.1, 0.15) is 21.5 Å². The first-order valence-corrected chi connectivity index (χ1v) is 5.97. The van der Waals surface area contributed by atoms with Gasteiger partial charge in [-0.3, -0.25) is 10.1 Å². The van der Waals surface area contributed by atoms with Gasteiger partial charge in [-0.2, -0.15) is 0 Å². The summed E-state index contributed by atoms with van der Waals surface area (Å²) in [6, 6.07) is 5.84. The SMILES string of the molecule is O=C(Nc1ncc[nH]1)c1cccc2c1CCNC2. The predicted molar refractivity (Wildman–Crippen MR) is 68.4 cm³/mol. The fourth-order valence-corrected chi connectivity index (χ4v) is 2.25. The number of fused-ring (bicyclic) bond motifs is 1. The minimum atomic E-state index is -0.108. The average molecular weight is 242 g/mol. The zero-order valence-electron chi connectivity index (χ0n) is 9.86. The van der Waals surface area contributed by atoms with Crippen molar-refractivity contribution in [3.05, 3.63) is 47.3 Å². The van der Waals surface area contributed by atoms with Gasteiger partial charge in [-0.05, 0) is 30.2 Å². The van der Waals surface area contributed by atoms with E-state index in [4.69, 9.17) is 0 Å². The number of hydrogen-bond acceptors (Lipinski definition) is 3. The van der Waals surface area contributed by atoms with Gasteiger partial charge in [0.25, 0.3) is 5.91 Å². The van der Waals surface area contributed by atoms with Crippen LogP contribution in [0, 0.1) is 0 Å². The molecular formula is C13H14N4O. The van der Waals surface area contributed by atoms with Crippen molar-refractivity contribution in [2.75, 3.05) is 11.9 Å². The van der Waals surface area contributed by atoms with Gasteiger partial charge in [0.15, 0.2) is 0 Å². The number of aromatic amines is 1. The summed E-state index contributed by atoms with van der Waals surface area (Å²) in [6.07, 6.45) is 4.18. The first-order chi connectivity index (χ1) is 8.84. The largest absolute Gasteiger partial charge is 0.331 e. The van der Waals surface area contributed by atoms with Crippen LogP contribution in [0.3, 0.4) is 0 Å². The lowest BCUT2D eigenvalue weighted by atomic mass is 9.95. The number of imidazole rings is 1. The number of hydrogen-bond donors (Lipinski definition) is 3. The smallest absolute Gasteiger partial charge is 0.258 e. The van der Waals surface area contributed by atoms with E-state index in [1.165, 1.54) is 5.56 Å². The van der Waals surface area contributed by atoms with Crippen molar-refractivity contribution in [3.63, 3.8) is 0 Å². The van der Waals surface area contributed by atoms with E-state index in [-0.39, 0.29) is 5.91 Å². The fraction of sp³-hybridized carbons (Fsp3) is 0.231. The van der Waals surface area contributed by atoms with Crippen LogP contribution in [0.15, 0.2) is 30.6 Å². The number of nitrogens with zero attached hydrogens (tertiary/aromatic N) is 1. The van der Waals surface area contributed by atoms with Crippen molar-refractivity contribution in [2.45, 2.75) is 13.0 Å². The first kappa shape index (κ1) is 11.0. The van der Waals surface area contributed by atoms with E-state index in [2.05, 4.69) is 26.7 Å². The van der Waals surface area contributed by atoms with Gasteiger partial charge in [0.2, 0.25) is 5.95 Å². The highest BCUT2D eigenvalue weighted by atomic mass is 16.1. The Bertz CT molecular complexity index is 562. The Hall–Kier alpha value is -2.14. The van der Waals surface area contributed by atoms with Crippen molar-refractivity contribution >= 4 is 11.9 Å². The summed E-state index contributed by atoms with van der Waals surface area (Å²) in [4.78, 5) is 19.0. The molecule has 0 spiro atoms. The van der Waals surface area contributed by atoms with Crippen LogP contribution in [0.2, 0.25) is 0 Å². The molecule has 0 fully saturated rings. The molecule has 2 heterocycles. The minimum absolute atomic E-state index is 0.108.